The number of hydrogen-bond acceptors (Lipinski definition) is 1. The van der Waals surface area contributed by atoms with Gasteiger partial charge in [-0.3, -0.25) is 4.79 Å². The third-order valence-electron chi connectivity index (χ3n) is 6.75. The van der Waals surface area contributed by atoms with E-state index in [2.05, 4.69) is 79.8 Å². The number of benzene rings is 3. The molecule has 31 heavy (non-hydrogen) atoms. The van der Waals surface area contributed by atoms with E-state index in [9.17, 15) is 4.79 Å². The molecule has 3 atom stereocenters. The van der Waals surface area contributed by atoms with E-state index in [1.54, 1.807) is 0 Å². The van der Waals surface area contributed by atoms with E-state index in [1.807, 2.05) is 18.2 Å². The molecule has 1 aliphatic rings. The smallest absolute Gasteiger partial charge is 0.226 e. The van der Waals surface area contributed by atoms with Crippen molar-refractivity contribution in [3.05, 3.63) is 106 Å². The van der Waals surface area contributed by atoms with Crippen LogP contribution >= 0.6 is 11.6 Å². The molecule has 3 aromatic carbocycles. The van der Waals surface area contributed by atoms with E-state index in [1.165, 1.54) is 22.3 Å². The zero-order chi connectivity index (χ0) is 21.8. The van der Waals surface area contributed by atoms with Crippen LogP contribution in [-0.4, -0.2) is 11.9 Å². The minimum absolute atomic E-state index is 0.0135. The van der Waals surface area contributed by atoms with Crippen molar-refractivity contribution in [1.29, 1.82) is 0 Å². The number of carbonyl (C=O) groups is 1. The normalized spacial score (nSPS) is 19.8. The van der Waals surface area contributed by atoms with Crippen LogP contribution in [0.3, 0.4) is 0 Å². The van der Waals surface area contributed by atoms with Gasteiger partial charge < -0.3 is 5.32 Å². The highest BCUT2D eigenvalue weighted by molar-refractivity contribution is 6.30. The Labute approximate surface area is 190 Å². The lowest BCUT2D eigenvalue weighted by molar-refractivity contribution is -0.131. The Bertz CT molecular complexity index is 1030. The second-order valence-electron chi connectivity index (χ2n) is 9.12. The van der Waals surface area contributed by atoms with Crippen LogP contribution in [-0.2, 0) is 24.1 Å². The molecule has 4 rings (SSSR count). The van der Waals surface area contributed by atoms with Crippen molar-refractivity contribution in [2.24, 2.45) is 5.41 Å². The van der Waals surface area contributed by atoms with Crippen molar-refractivity contribution in [2.45, 2.75) is 51.5 Å². The third-order valence-corrected chi connectivity index (χ3v) is 7.00. The zero-order valence-electron chi connectivity index (χ0n) is 18.3. The fourth-order valence-corrected chi connectivity index (χ4v) is 4.85. The highest BCUT2D eigenvalue weighted by Gasteiger charge is 2.38. The largest absolute Gasteiger partial charge is 0.353 e. The Balaban J connectivity index is 1.52. The zero-order valence-corrected chi connectivity index (χ0v) is 19.0. The highest BCUT2D eigenvalue weighted by atomic mass is 35.5. The molecule has 1 aliphatic carbocycles. The molecule has 1 N–H and O–H groups in total. The molecule has 1 amide bonds. The predicted molar refractivity (Wildman–Crippen MR) is 129 cm³/mol. The standard InChI is InChI=1S/C28H30ClNO/c1-20(30-27(31)28(2)17-16-22-8-6-7-11-24(22)19-28)26(23-9-4-3-5-10-23)18-21-12-14-25(29)15-13-21/h3-15,20,26H,16-19H2,1-2H3,(H,30,31). The van der Waals surface area contributed by atoms with Crippen LogP contribution in [0.4, 0.5) is 0 Å². The van der Waals surface area contributed by atoms with Gasteiger partial charge >= 0.3 is 0 Å². The van der Waals surface area contributed by atoms with E-state index in [0.717, 1.165) is 30.7 Å². The number of amides is 1. The number of rotatable bonds is 6. The van der Waals surface area contributed by atoms with Gasteiger partial charge in [0, 0.05) is 17.0 Å². The monoisotopic (exact) mass is 431 g/mol. The van der Waals surface area contributed by atoms with Gasteiger partial charge in [0.1, 0.15) is 0 Å². The first-order valence-electron chi connectivity index (χ1n) is 11.1. The first-order chi connectivity index (χ1) is 14.9. The van der Waals surface area contributed by atoms with Crippen LogP contribution in [0.5, 0.6) is 0 Å². The van der Waals surface area contributed by atoms with Crippen molar-refractivity contribution in [3.8, 4) is 0 Å². The summed E-state index contributed by atoms with van der Waals surface area (Å²) in [6.07, 6.45) is 3.49. The van der Waals surface area contributed by atoms with E-state index in [0.29, 0.717) is 0 Å². The lowest BCUT2D eigenvalue weighted by atomic mass is 9.72. The Morgan fingerprint density at radius 2 is 1.61 bits per heavy atom. The maximum atomic E-state index is 13.4. The number of hydrogen-bond donors (Lipinski definition) is 1. The lowest BCUT2D eigenvalue weighted by Gasteiger charge is -2.36. The molecule has 2 nitrogen and oxygen atoms in total. The van der Waals surface area contributed by atoms with Crippen LogP contribution in [0.15, 0.2) is 78.9 Å². The second-order valence-corrected chi connectivity index (χ2v) is 9.55. The number of carbonyl (C=O) groups excluding carboxylic acids is 1. The average Bonchev–Trinajstić information content (AvgIpc) is 2.79. The molecule has 3 unspecified atom stereocenters. The number of aryl methyl sites for hydroxylation is 1. The van der Waals surface area contributed by atoms with E-state index < -0.39 is 0 Å². The van der Waals surface area contributed by atoms with E-state index in [-0.39, 0.29) is 23.3 Å². The van der Waals surface area contributed by atoms with Crippen LogP contribution in [0, 0.1) is 5.41 Å². The molecule has 0 heterocycles. The summed E-state index contributed by atoms with van der Waals surface area (Å²) in [6, 6.07) is 27.0. The second kappa shape index (κ2) is 9.28. The molecule has 3 heteroatoms. The predicted octanol–water partition coefficient (Wildman–Crippen LogP) is 6.37. The van der Waals surface area contributed by atoms with E-state index in [4.69, 9.17) is 11.6 Å². The van der Waals surface area contributed by atoms with E-state index >= 15 is 0 Å². The summed E-state index contributed by atoms with van der Waals surface area (Å²) in [4.78, 5) is 13.4. The molecule has 160 valence electrons. The Morgan fingerprint density at radius 1 is 0.968 bits per heavy atom. The highest BCUT2D eigenvalue weighted by Crippen LogP contribution is 2.36. The van der Waals surface area contributed by atoms with Crippen molar-refractivity contribution in [3.63, 3.8) is 0 Å². The van der Waals surface area contributed by atoms with Gasteiger partial charge in [0.05, 0.1) is 5.41 Å². The molecule has 0 radical (unpaired) electrons. The molecule has 3 aromatic rings. The molecule has 0 bridgehead atoms. The fourth-order valence-electron chi connectivity index (χ4n) is 4.73. The van der Waals surface area contributed by atoms with Crippen molar-refractivity contribution in [1.82, 2.24) is 5.32 Å². The average molecular weight is 432 g/mol. The Morgan fingerprint density at radius 3 is 2.32 bits per heavy atom. The van der Waals surface area contributed by atoms with Crippen LogP contribution in [0.2, 0.25) is 5.02 Å². The molecule has 0 saturated heterocycles. The molecule has 0 fully saturated rings. The van der Waals surface area contributed by atoms with Gasteiger partial charge in [0.15, 0.2) is 0 Å². The van der Waals surface area contributed by atoms with Gasteiger partial charge in [-0.1, -0.05) is 85.3 Å². The van der Waals surface area contributed by atoms with Crippen LogP contribution in [0.1, 0.15) is 48.4 Å². The van der Waals surface area contributed by atoms with Gasteiger partial charge in [-0.25, -0.2) is 0 Å². The molecule has 0 aromatic heterocycles. The first-order valence-corrected chi connectivity index (χ1v) is 11.5. The van der Waals surface area contributed by atoms with Crippen molar-refractivity contribution in [2.75, 3.05) is 0 Å². The number of nitrogens with one attached hydrogen (secondary N) is 1. The SMILES string of the molecule is CC(NC(=O)C1(C)CCc2ccccc2C1)C(Cc1ccc(Cl)cc1)c1ccccc1. The molecular weight excluding hydrogens is 402 g/mol. The Kier molecular flexibility index (Phi) is 6.48. The lowest BCUT2D eigenvalue weighted by Crippen LogP contribution is -2.47. The van der Waals surface area contributed by atoms with Crippen molar-refractivity contribution < 1.29 is 4.79 Å². The fraction of sp³-hybridized carbons (Fsp3) is 0.321. The minimum atomic E-state index is -0.371. The third kappa shape index (κ3) is 5.02. The summed E-state index contributed by atoms with van der Waals surface area (Å²) in [5, 5.41) is 4.13. The van der Waals surface area contributed by atoms with Crippen LogP contribution in [0.25, 0.3) is 0 Å². The molecule has 0 aliphatic heterocycles. The molecule has 0 spiro atoms. The van der Waals surface area contributed by atoms with Gasteiger partial charge in [0.25, 0.3) is 0 Å². The summed E-state index contributed by atoms with van der Waals surface area (Å²) in [7, 11) is 0. The molecule has 0 saturated carbocycles. The van der Waals surface area contributed by atoms with Crippen LogP contribution < -0.4 is 5.32 Å². The number of fused-ring (bicyclic) bond motifs is 1. The summed E-state index contributed by atoms with van der Waals surface area (Å²) in [6.45, 7) is 4.24. The summed E-state index contributed by atoms with van der Waals surface area (Å²) in [5.74, 6) is 0.345. The van der Waals surface area contributed by atoms with Gasteiger partial charge in [-0.2, -0.15) is 0 Å². The quantitative estimate of drug-likeness (QED) is 0.483. The van der Waals surface area contributed by atoms with Crippen molar-refractivity contribution >= 4 is 17.5 Å². The van der Waals surface area contributed by atoms with Gasteiger partial charge in [0.2, 0.25) is 5.91 Å². The Hall–Kier alpha value is -2.58. The number of halogens is 1. The summed E-state index contributed by atoms with van der Waals surface area (Å²) < 4.78 is 0. The van der Waals surface area contributed by atoms with Gasteiger partial charge in [-0.15, -0.1) is 0 Å². The topological polar surface area (TPSA) is 29.1 Å². The maximum Gasteiger partial charge on any atom is 0.226 e. The maximum absolute atomic E-state index is 13.4. The summed E-state index contributed by atoms with van der Waals surface area (Å²) in [5.41, 5.74) is 4.77. The minimum Gasteiger partial charge on any atom is -0.353 e. The summed E-state index contributed by atoms with van der Waals surface area (Å²) >= 11 is 6.08. The molecular formula is C28H30ClNO. The van der Waals surface area contributed by atoms with Gasteiger partial charge in [-0.05, 0) is 67.0 Å². The first kappa shape index (κ1) is 21.6.